The summed E-state index contributed by atoms with van der Waals surface area (Å²) in [4.78, 5) is 24.7. The Morgan fingerprint density at radius 3 is 2.74 bits per heavy atom. The number of carbonyl (C=O) groups excluding carboxylic acids is 1. The first-order valence-electron chi connectivity index (χ1n) is 8.63. The number of nitro benzene ring substituents is 1. The molecule has 8 nitrogen and oxygen atoms in total. The molecular formula is C18H20N4O4S. The van der Waals surface area contributed by atoms with E-state index in [0.717, 1.165) is 31.7 Å². The molecule has 1 amide bonds. The van der Waals surface area contributed by atoms with Gasteiger partial charge in [-0.1, -0.05) is 6.07 Å². The Kier molecular flexibility index (Phi) is 6.02. The quantitative estimate of drug-likeness (QED) is 0.461. The van der Waals surface area contributed by atoms with Gasteiger partial charge in [0.2, 0.25) is 0 Å². The van der Waals surface area contributed by atoms with Crippen molar-refractivity contribution < 1.29 is 14.1 Å². The zero-order valence-corrected chi connectivity index (χ0v) is 15.4. The fourth-order valence-corrected chi connectivity index (χ4v) is 3.20. The molecule has 0 aliphatic carbocycles. The maximum atomic E-state index is 12.3. The van der Waals surface area contributed by atoms with Crippen molar-refractivity contribution in [2.75, 3.05) is 13.1 Å². The molecule has 0 radical (unpaired) electrons. The second kappa shape index (κ2) is 8.63. The highest BCUT2D eigenvalue weighted by molar-refractivity contribution is 7.80. The minimum absolute atomic E-state index is 0.0147. The van der Waals surface area contributed by atoms with E-state index in [1.54, 1.807) is 12.3 Å². The highest BCUT2D eigenvalue weighted by Gasteiger charge is 2.23. The van der Waals surface area contributed by atoms with Gasteiger partial charge in [-0.15, -0.1) is 0 Å². The number of nitrogens with one attached hydrogen (secondary N) is 2. The third kappa shape index (κ3) is 5.04. The smallest absolute Gasteiger partial charge is 0.270 e. The fraction of sp³-hybridized carbons (Fsp3) is 0.333. The predicted molar refractivity (Wildman–Crippen MR) is 103 cm³/mol. The molecule has 0 bridgehead atoms. The second-order valence-electron chi connectivity index (χ2n) is 6.28. The minimum atomic E-state index is -0.508. The average molecular weight is 388 g/mol. The Morgan fingerprint density at radius 2 is 2.07 bits per heavy atom. The molecule has 0 spiro atoms. The van der Waals surface area contributed by atoms with Crippen LogP contribution in [0, 0.1) is 10.1 Å². The van der Waals surface area contributed by atoms with Crippen LogP contribution in [-0.2, 0) is 6.54 Å². The van der Waals surface area contributed by atoms with Crippen molar-refractivity contribution in [3.8, 4) is 0 Å². The molecule has 3 rings (SSSR count). The Morgan fingerprint density at radius 1 is 1.30 bits per heavy atom. The number of carbonyl (C=O) groups is 1. The molecule has 142 valence electrons. The first kappa shape index (κ1) is 18.8. The van der Waals surface area contributed by atoms with Crippen molar-refractivity contribution >= 4 is 28.9 Å². The second-order valence-corrected chi connectivity index (χ2v) is 6.67. The highest BCUT2D eigenvalue weighted by Crippen LogP contribution is 2.15. The van der Waals surface area contributed by atoms with E-state index in [1.807, 2.05) is 12.1 Å². The lowest BCUT2D eigenvalue weighted by atomic mass is 10.0. The van der Waals surface area contributed by atoms with Crippen LogP contribution in [0.5, 0.6) is 0 Å². The number of non-ortho nitro benzene ring substituents is 1. The lowest BCUT2D eigenvalue weighted by Gasteiger charge is -2.34. The number of hydrogen-bond acceptors (Lipinski definition) is 5. The van der Waals surface area contributed by atoms with Gasteiger partial charge in [0, 0.05) is 36.8 Å². The molecule has 2 aromatic rings. The van der Waals surface area contributed by atoms with Gasteiger partial charge < -0.3 is 20.0 Å². The number of benzene rings is 1. The van der Waals surface area contributed by atoms with Gasteiger partial charge in [-0.25, -0.2) is 0 Å². The molecule has 9 heteroatoms. The van der Waals surface area contributed by atoms with Gasteiger partial charge in [0.1, 0.15) is 5.76 Å². The van der Waals surface area contributed by atoms with Crippen LogP contribution in [0.15, 0.2) is 47.1 Å². The van der Waals surface area contributed by atoms with Crippen molar-refractivity contribution in [3.63, 3.8) is 0 Å². The van der Waals surface area contributed by atoms with E-state index in [-0.39, 0.29) is 17.6 Å². The van der Waals surface area contributed by atoms with Crippen LogP contribution in [0.4, 0.5) is 5.69 Å². The summed E-state index contributed by atoms with van der Waals surface area (Å²) in [6.07, 6.45) is 3.13. The van der Waals surface area contributed by atoms with Gasteiger partial charge in [-0.3, -0.25) is 14.9 Å². The molecule has 1 aromatic carbocycles. The van der Waals surface area contributed by atoms with E-state index in [4.69, 9.17) is 16.6 Å². The average Bonchev–Trinajstić information content (AvgIpc) is 3.20. The molecule has 27 heavy (non-hydrogen) atoms. The normalized spacial score (nSPS) is 14.6. The molecular weight excluding hydrogens is 368 g/mol. The number of thiocarbonyl (C=S) groups is 1. The van der Waals surface area contributed by atoms with Gasteiger partial charge in [0.15, 0.2) is 5.11 Å². The molecule has 1 aliphatic heterocycles. The third-order valence-electron chi connectivity index (χ3n) is 4.43. The van der Waals surface area contributed by atoms with Crippen molar-refractivity contribution in [2.45, 2.75) is 25.4 Å². The summed E-state index contributed by atoms with van der Waals surface area (Å²) >= 11 is 5.41. The zero-order valence-electron chi connectivity index (χ0n) is 14.6. The van der Waals surface area contributed by atoms with Crippen LogP contribution < -0.4 is 10.6 Å². The number of nitrogens with zero attached hydrogens (tertiary/aromatic N) is 2. The van der Waals surface area contributed by atoms with Gasteiger partial charge >= 0.3 is 0 Å². The first-order chi connectivity index (χ1) is 13.0. The molecule has 1 fully saturated rings. The first-order valence-corrected chi connectivity index (χ1v) is 9.04. The summed E-state index contributed by atoms with van der Waals surface area (Å²) in [5.41, 5.74) is 0.202. The van der Waals surface area contributed by atoms with Crippen molar-refractivity contribution in [3.05, 3.63) is 64.1 Å². The van der Waals surface area contributed by atoms with Gasteiger partial charge in [-0.2, -0.15) is 0 Å². The molecule has 0 unspecified atom stereocenters. The number of furan rings is 1. The molecule has 0 saturated carbocycles. The Labute approximate surface area is 161 Å². The predicted octanol–water partition coefficient (Wildman–Crippen LogP) is 2.46. The highest BCUT2D eigenvalue weighted by atomic mass is 32.1. The number of likely N-dealkylation sites (tertiary alicyclic amines) is 1. The largest absolute Gasteiger partial charge is 0.467 e. The zero-order chi connectivity index (χ0) is 19.2. The van der Waals surface area contributed by atoms with Crippen LogP contribution >= 0.6 is 12.2 Å². The van der Waals surface area contributed by atoms with Crippen LogP contribution in [0.1, 0.15) is 29.0 Å². The minimum Gasteiger partial charge on any atom is -0.467 e. The van der Waals surface area contributed by atoms with Gasteiger partial charge in [0.25, 0.3) is 11.6 Å². The van der Waals surface area contributed by atoms with E-state index in [2.05, 4.69) is 15.5 Å². The molecule has 1 saturated heterocycles. The van der Waals surface area contributed by atoms with Crippen molar-refractivity contribution in [1.29, 1.82) is 0 Å². The van der Waals surface area contributed by atoms with Crippen LogP contribution in [0.2, 0.25) is 0 Å². The molecule has 1 aliphatic rings. The van der Waals surface area contributed by atoms with E-state index < -0.39 is 4.92 Å². The third-order valence-corrected chi connectivity index (χ3v) is 4.83. The van der Waals surface area contributed by atoms with Crippen LogP contribution in [-0.4, -0.2) is 40.0 Å². The van der Waals surface area contributed by atoms with E-state index in [9.17, 15) is 14.9 Å². The summed E-state index contributed by atoms with van der Waals surface area (Å²) in [5.74, 6) is 0.520. The number of hydrogen-bond donors (Lipinski definition) is 2. The van der Waals surface area contributed by atoms with E-state index in [1.165, 1.54) is 18.2 Å². The standard InChI is InChI=1S/C18H20N4O4S/c23-17(13-3-1-4-15(11-13)22(24)25)20-14-6-8-21(9-7-14)18(27)19-12-16-5-2-10-26-16/h1-5,10-11,14H,6-9,12H2,(H,19,27)(H,20,23). The summed E-state index contributed by atoms with van der Waals surface area (Å²) < 4.78 is 5.27. The molecule has 0 atom stereocenters. The lowest BCUT2D eigenvalue weighted by Crippen LogP contribution is -2.49. The van der Waals surface area contributed by atoms with Crippen molar-refractivity contribution in [2.24, 2.45) is 0 Å². The Bertz CT molecular complexity index is 817. The van der Waals surface area contributed by atoms with Crippen LogP contribution in [0.3, 0.4) is 0 Å². The molecule has 1 aromatic heterocycles. The van der Waals surface area contributed by atoms with Gasteiger partial charge in [0.05, 0.1) is 17.7 Å². The number of amides is 1. The van der Waals surface area contributed by atoms with Crippen molar-refractivity contribution in [1.82, 2.24) is 15.5 Å². The summed E-state index contributed by atoms with van der Waals surface area (Å²) in [6.45, 7) is 1.99. The molecule has 2 N–H and O–H groups in total. The number of nitro groups is 1. The van der Waals surface area contributed by atoms with E-state index >= 15 is 0 Å². The Balaban J connectivity index is 1.46. The van der Waals surface area contributed by atoms with Gasteiger partial charge in [-0.05, 0) is 43.3 Å². The van der Waals surface area contributed by atoms with E-state index in [0.29, 0.717) is 17.2 Å². The molecule has 2 heterocycles. The maximum absolute atomic E-state index is 12.3. The lowest BCUT2D eigenvalue weighted by molar-refractivity contribution is -0.384. The summed E-state index contributed by atoms with van der Waals surface area (Å²) in [5, 5.41) is 17.6. The summed E-state index contributed by atoms with van der Waals surface area (Å²) in [6, 6.07) is 9.47. The topological polar surface area (TPSA) is 101 Å². The number of rotatable bonds is 5. The monoisotopic (exact) mass is 388 g/mol. The summed E-state index contributed by atoms with van der Waals surface area (Å²) in [7, 11) is 0. The Hall–Kier alpha value is -2.94. The van der Waals surface area contributed by atoms with Crippen LogP contribution in [0.25, 0.3) is 0 Å². The fourth-order valence-electron chi connectivity index (χ4n) is 2.94. The maximum Gasteiger partial charge on any atom is 0.270 e. The number of piperidine rings is 1. The SMILES string of the molecule is O=C(NC1CCN(C(=S)NCc2ccco2)CC1)c1cccc([N+](=O)[O-])c1.